The van der Waals surface area contributed by atoms with E-state index in [1.165, 1.54) is 6.08 Å². The molecule has 0 saturated heterocycles. The number of nitrogens with one attached hydrogen (secondary N) is 1. The van der Waals surface area contributed by atoms with Gasteiger partial charge < -0.3 is 5.32 Å². The van der Waals surface area contributed by atoms with Crippen LogP contribution in [0, 0.1) is 0 Å². The summed E-state index contributed by atoms with van der Waals surface area (Å²) in [5.74, 6) is -0.0995. The highest BCUT2D eigenvalue weighted by Crippen LogP contribution is 1.97. The van der Waals surface area contributed by atoms with E-state index >= 15 is 0 Å². The zero-order valence-corrected chi connectivity index (χ0v) is 9.93. The second kappa shape index (κ2) is 5.74. The third-order valence-corrected chi connectivity index (χ3v) is 1.75. The van der Waals surface area contributed by atoms with Gasteiger partial charge in [0.2, 0.25) is 5.91 Å². The molecule has 1 amide bonds. The highest BCUT2D eigenvalue weighted by Gasteiger charge is 1.98. The van der Waals surface area contributed by atoms with E-state index in [4.69, 9.17) is 0 Å². The molecule has 1 atom stereocenters. The maximum atomic E-state index is 11.2. The van der Waals surface area contributed by atoms with E-state index in [2.05, 4.69) is 32.9 Å². The fourth-order valence-corrected chi connectivity index (χ4v) is 1.19. The predicted molar refractivity (Wildman–Crippen MR) is 64.9 cm³/mol. The molecule has 1 aromatic rings. The minimum Gasteiger partial charge on any atom is -0.341 e. The van der Waals surface area contributed by atoms with Crippen LogP contribution in [0.1, 0.15) is 12.6 Å². The summed E-state index contributed by atoms with van der Waals surface area (Å²) >= 11 is 2.13. The number of aromatic nitrogens is 1. The molecular formula is C10H11IN2O. The van der Waals surface area contributed by atoms with Crippen molar-refractivity contribution in [3.63, 3.8) is 0 Å². The number of halogens is 1. The quantitative estimate of drug-likeness (QED) is 0.401. The highest BCUT2D eigenvalue weighted by atomic mass is 127. The molecule has 1 unspecified atom stereocenters. The lowest BCUT2D eigenvalue weighted by Crippen LogP contribution is -2.25. The van der Waals surface area contributed by atoms with Gasteiger partial charge in [0.1, 0.15) is 0 Å². The monoisotopic (exact) mass is 302 g/mol. The first-order valence-electron chi connectivity index (χ1n) is 4.22. The average molecular weight is 302 g/mol. The van der Waals surface area contributed by atoms with E-state index in [1.54, 1.807) is 12.3 Å². The summed E-state index contributed by atoms with van der Waals surface area (Å²) in [6, 6.07) is 5.56. The van der Waals surface area contributed by atoms with Crippen LogP contribution in [-0.4, -0.2) is 14.9 Å². The summed E-state index contributed by atoms with van der Waals surface area (Å²) in [6.45, 7) is 1.91. The smallest absolute Gasteiger partial charge is 0.244 e. The Kier molecular flexibility index (Phi) is 4.58. The first kappa shape index (κ1) is 11.2. The van der Waals surface area contributed by atoms with Gasteiger partial charge in [-0.15, -0.1) is 0 Å². The molecule has 0 radical (unpaired) electrons. The topological polar surface area (TPSA) is 42.0 Å². The van der Waals surface area contributed by atoms with E-state index in [-0.39, 0.29) is 9.96 Å². The summed E-state index contributed by atoms with van der Waals surface area (Å²) in [5, 5.41) is 2.75. The Bertz CT molecular complexity index is 322. The Morgan fingerprint density at radius 2 is 2.43 bits per heavy atom. The van der Waals surface area contributed by atoms with Gasteiger partial charge >= 0.3 is 0 Å². The van der Waals surface area contributed by atoms with Gasteiger partial charge in [-0.1, -0.05) is 28.7 Å². The van der Waals surface area contributed by atoms with Gasteiger partial charge in [0, 0.05) is 12.3 Å². The average Bonchev–Trinajstić information content (AvgIpc) is 2.15. The Labute approximate surface area is 96.8 Å². The van der Waals surface area contributed by atoms with E-state index in [0.29, 0.717) is 0 Å². The summed E-state index contributed by atoms with van der Waals surface area (Å²) < 4.78 is 0.133. The van der Waals surface area contributed by atoms with Gasteiger partial charge in [0.05, 0.1) is 9.74 Å². The van der Waals surface area contributed by atoms with E-state index < -0.39 is 0 Å². The molecule has 1 aromatic heterocycles. The molecule has 0 aliphatic carbocycles. The summed E-state index contributed by atoms with van der Waals surface area (Å²) in [6.07, 6.45) is 4.87. The number of pyridine rings is 1. The van der Waals surface area contributed by atoms with Crippen molar-refractivity contribution in [1.82, 2.24) is 10.3 Å². The number of amides is 1. The Hall–Kier alpha value is -0.910. The van der Waals surface area contributed by atoms with E-state index in [9.17, 15) is 4.79 Å². The van der Waals surface area contributed by atoms with Crippen LogP contribution in [0.5, 0.6) is 0 Å². The predicted octanol–water partition coefficient (Wildman–Crippen LogP) is 1.99. The van der Waals surface area contributed by atoms with Gasteiger partial charge in [-0.05, 0) is 25.1 Å². The molecule has 0 fully saturated rings. The van der Waals surface area contributed by atoms with Crippen LogP contribution >= 0.6 is 22.6 Å². The number of hydrogen-bond donors (Lipinski definition) is 1. The number of rotatable bonds is 3. The van der Waals surface area contributed by atoms with Crippen molar-refractivity contribution in [1.29, 1.82) is 0 Å². The molecular weight excluding hydrogens is 291 g/mol. The maximum Gasteiger partial charge on any atom is 0.244 e. The molecule has 1 N–H and O–H groups in total. The van der Waals surface area contributed by atoms with Crippen LogP contribution < -0.4 is 5.32 Å². The van der Waals surface area contributed by atoms with E-state index in [1.807, 2.05) is 25.1 Å². The molecule has 74 valence electrons. The molecule has 0 aliphatic rings. The summed E-state index contributed by atoms with van der Waals surface area (Å²) in [7, 11) is 0. The van der Waals surface area contributed by atoms with Crippen LogP contribution in [0.3, 0.4) is 0 Å². The normalized spacial score (nSPS) is 12.7. The molecule has 0 bridgehead atoms. The standard InChI is InChI=1S/C10H11IN2O/c1-8(11)13-10(14)6-5-9-4-2-3-7-12-9/h2-8H,1H3,(H,13,14)/b6-5+. The molecule has 1 rings (SSSR count). The third kappa shape index (κ3) is 4.36. The lowest BCUT2D eigenvalue weighted by molar-refractivity contribution is -0.116. The van der Waals surface area contributed by atoms with Gasteiger partial charge in [0.15, 0.2) is 0 Å². The van der Waals surface area contributed by atoms with Gasteiger partial charge in [-0.25, -0.2) is 0 Å². The molecule has 0 aromatic carbocycles. The highest BCUT2D eigenvalue weighted by molar-refractivity contribution is 14.1. The fraction of sp³-hybridized carbons (Fsp3) is 0.200. The summed E-state index contributed by atoms with van der Waals surface area (Å²) in [5.41, 5.74) is 0.781. The van der Waals surface area contributed by atoms with Gasteiger partial charge in [0.25, 0.3) is 0 Å². The van der Waals surface area contributed by atoms with Crippen molar-refractivity contribution in [2.24, 2.45) is 0 Å². The minimum atomic E-state index is -0.0995. The first-order chi connectivity index (χ1) is 6.68. The number of carbonyl (C=O) groups is 1. The van der Waals surface area contributed by atoms with Crippen LogP contribution in [0.25, 0.3) is 6.08 Å². The van der Waals surface area contributed by atoms with Crippen LogP contribution in [0.2, 0.25) is 0 Å². The largest absolute Gasteiger partial charge is 0.341 e. The molecule has 14 heavy (non-hydrogen) atoms. The second-order valence-corrected chi connectivity index (χ2v) is 4.58. The zero-order chi connectivity index (χ0) is 10.4. The van der Waals surface area contributed by atoms with Gasteiger partial charge in [-0.3, -0.25) is 9.78 Å². The minimum absolute atomic E-state index is 0.0995. The molecule has 0 aliphatic heterocycles. The van der Waals surface area contributed by atoms with Gasteiger partial charge in [-0.2, -0.15) is 0 Å². The van der Waals surface area contributed by atoms with Crippen LogP contribution in [0.4, 0.5) is 0 Å². The van der Waals surface area contributed by atoms with E-state index in [0.717, 1.165) is 5.69 Å². The van der Waals surface area contributed by atoms with Crippen LogP contribution in [-0.2, 0) is 4.79 Å². The number of alkyl halides is 1. The van der Waals surface area contributed by atoms with Crippen molar-refractivity contribution in [3.05, 3.63) is 36.2 Å². The SMILES string of the molecule is CC(I)NC(=O)/C=C/c1ccccn1. The Morgan fingerprint density at radius 3 is 3.00 bits per heavy atom. The lowest BCUT2D eigenvalue weighted by atomic mass is 10.3. The Balaban J connectivity index is 2.52. The second-order valence-electron chi connectivity index (χ2n) is 2.71. The molecule has 0 saturated carbocycles. The number of carbonyl (C=O) groups excluding carboxylic acids is 1. The van der Waals surface area contributed by atoms with Crippen LogP contribution in [0.15, 0.2) is 30.5 Å². The Morgan fingerprint density at radius 1 is 1.64 bits per heavy atom. The lowest BCUT2D eigenvalue weighted by Gasteiger charge is -2.02. The fourth-order valence-electron chi connectivity index (χ4n) is 0.880. The molecule has 1 heterocycles. The molecule has 4 heteroatoms. The number of nitrogens with zero attached hydrogens (tertiary/aromatic N) is 1. The zero-order valence-electron chi connectivity index (χ0n) is 7.77. The molecule has 3 nitrogen and oxygen atoms in total. The maximum absolute atomic E-state index is 11.2. The van der Waals surface area contributed by atoms with Crippen molar-refractivity contribution in [2.45, 2.75) is 11.0 Å². The van der Waals surface area contributed by atoms with Crippen molar-refractivity contribution in [2.75, 3.05) is 0 Å². The van der Waals surface area contributed by atoms with Crippen molar-refractivity contribution in [3.8, 4) is 0 Å². The summed E-state index contributed by atoms with van der Waals surface area (Å²) in [4.78, 5) is 15.3. The molecule has 0 spiro atoms. The first-order valence-corrected chi connectivity index (χ1v) is 5.47. The number of hydrogen-bond acceptors (Lipinski definition) is 2. The third-order valence-electron chi connectivity index (χ3n) is 1.43. The van der Waals surface area contributed by atoms with Crippen molar-refractivity contribution < 1.29 is 4.79 Å². The van der Waals surface area contributed by atoms with Crippen molar-refractivity contribution >= 4 is 34.6 Å².